The third kappa shape index (κ3) is 4.15. The summed E-state index contributed by atoms with van der Waals surface area (Å²) in [5, 5.41) is 1.27. The first-order valence-electron chi connectivity index (χ1n) is 11.2. The number of carbonyl (C=O) groups excluding carboxylic acids is 1. The van der Waals surface area contributed by atoms with E-state index in [1.165, 1.54) is 12.1 Å². The molecule has 2 heterocycles. The number of ether oxygens (including phenoxy) is 3. The summed E-state index contributed by atoms with van der Waals surface area (Å²) >= 11 is 6.11. The van der Waals surface area contributed by atoms with Crippen molar-refractivity contribution in [2.75, 3.05) is 7.11 Å². The summed E-state index contributed by atoms with van der Waals surface area (Å²) < 4.78 is 32.8. The molecule has 5 nitrogen and oxygen atoms in total. The van der Waals surface area contributed by atoms with Gasteiger partial charge < -0.3 is 18.8 Å². The average Bonchev–Trinajstić information content (AvgIpc) is 3.37. The first kappa shape index (κ1) is 23.0. The van der Waals surface area contributed by atoms with Gasteiger partial charge >= 0.3 is 0 Å². The van der Waals surface area contributed by atoms with E-state index in [-0.39, 0.29) is 18.1 Å². The molecular weight excluding hydrogens is 469 g/mol. The fourth-order valence-electron chi connectivity index (χ4n) is 4.27. The Morgan fingerprint density at radius 2 is 1.97 bits per heavy atom. The number of benzene rings is 3. The van der Waals surface area contributed by atoms with Gasteiger partial charge in [0.25, 0.3) is 0 Å². The standard InChI is InChI=1S/C28H23ClFNO4/c1-4-31-14-18(22-13-20(33-3)7-9-24(22)31)11-26-27(32)21-8-10-25(16(2)28(21)35-26)34-15-17-5-6-19(30)12-23(17)29/h5-14H,4,15H2,1-3H3/b26-11+. The smallest absolute Gasteiger partial charge is 0.231 e. The highest BCUT2D eigenvalue weighted by molar-refractivity contribution is 6.31. The summed E-state index contributed by atoms with van der Waals surface area (Å²) in [5.74, 6) is 1.44. The molecule has 0 unspecified atom stereocenters. The number of methoxy groups -OCH3 is 1. The highest BCUT2D eigenvalue weighted by Gasteiger charge is 2.30. The second-order valence-electron chi connectivity index (χ2n) is 8.28. The van der Waals surface area contributed by atoms with Crippen LogP contribution in [0.5, 0.6) is 17.2 Å². The molecule has 1 aliphatic rings. The van der Waals surface area contributed by atoms with Crippen LogP contribution in [0.15, 0.2) is 60.5 Å². The molecule has 0 radical (unpaired) electrons. The van der Waals surface area contributed by atoms with Crippen LogP contribution in [0.1, 0.15) is 34.0 Å². The molecule has 0 amide bonds. The molecule has 0 atom stereocenters. The molecule has 0 saturated heterocycles. The zero-order valence-corrected chi connectivity index (χ0v) is 20.3. The summed E-state index contributed by atoms with van der Waals surface area (Å²) in [4.78, 5) is 13.1. The maximum Gasteiger partial charge on any atom is 0.231 e. The molecule has 1 aliphatic heterocycles. The second-order valence-corrected chi connectivity index (χ2v) is 8.69. The minimum Gasteiger partial charge on any atom is -0.497 e. The number of carbonyl (C=O) groups is 1. The minimum absolute atomic E-state index is 0.160. The fourth-order valence-corrected chi connectivity index (χ4v) is 4.49. The van der Waals surface area contributed by atoms with E-state index in [1.807, 2.05) is 31.3 Å². The van der Waals surface area contributed by atoms with E-state index in [2.05, 4.69) is 11.5 Å². The number of aryl methyl sites for hydroxylation is 1. The van der Waals surface area contributed by atoms with E-state index >= 15 is 0 Å². The number of nitrogens with zero attached hydrogens (tertiary/aromatic N) is 1. The molecule has 178 valence electrons. The molecule has 1 aromatic heterocycles. The average molecular weight is 492 g/mol. The minimum atomic E-state index is -0.404. The lowest BCUT2D eigenvalue weighted by molar-refractivity contribution is 0.101. The topological polar surface area (TPSA) is 49.7 Å². The Morgan fingerprint density at radius 3 is 2.71 bits per heavy atom. The molecule has 0 bridgehead atoms. The summed E-state index contributed by atoms with van der Waals surface area (Å²) in [6.45, 7) is 4.86. The predicted octanol–water partition coefficient (Wildman–Crippen LogP) is 6.97. The largest absolute Gasteiger partial charge is 0.497 e. The van der Waals surface area contributed by atoms with Crippen LogP contribution in [0.2, 0.25) is 5.02 Å². The van der Waals surface area contributed by atoms with Gasteiger partial charge in [-0.2, -0.15) is 0 Å². The Hall–Kier alpha value is -3.77. The number of Topliss-reactive ketones (excluding diaryl/α,β-unsaturated/α-hetero) is 1. The van der Waals surface area contributed by atoms with E-state index in [0.29, 0.717) is 33.2 Å². The van der Waals surface area contributed by atoms with Gasteiger partial charge in [-0.05, 0) is 62.4 Å². The normalized spacial score (nSPS) is 13.9. The third-order valence-electron chi connectivity index (χ3n) is 6.18. The number of aromatic nitrogens is 1. The van der Waals surface area contributed by atoms with E-state index in [9.17, 15) is 9.18 Å². The number of allylic oxidation sites excluding steroid dienone is 1. The van der Waals surface area contributed by atoms with Crippen molar-refractivity contribution in [2.24, 2.45) is 0 Å². The van der Waals surface area contributed by atoms with Crippen LogP contribution >= 0.6 is 11.6 Å². The molecule has 35 heavy (non-hydrogen) atoms. The third-order valence-corrected chi connectivity index (χ3v) is 6.53. The Labute approximate surface area is 207 Å². The van der Waals surface area contributed by atoms with Gasteiger partial charge in [0, 0.05) is 40.3 Å². The monoisotopic (exact) mass is 491 g/mol. The van der Waals surface area contributed by atoms with Crippen molar-refractivity contribution in [1.29, 1.82) is 0 Å². The summed E-state index contributed by atoms with van der Waals surface area (Å²) in [6, 6.07) is 13.5. The number of hydrogen-bond donors (Lipinski definition) is 0. The molecule has 3 aromatic carbocycles. The van der Waals surface area contributed by atoms with Crippen molar-refractivity contribution < 1.29 is 23.4 Å². The number of halogens is 2. The first-order chi connectivity index (χ1) is 16.9. The van der Waals surface area contributed by atoms with Gasteiger partial charge in [-0.1, -0.05) is 17.7 Å². The van der Waals surface area contributed by atoms with Gasteiger partial charge in [-0.15, -0.1) is 0 Å². The van der Waals surface area contributed by atoms with Crippen molar-refractivity contribution >= 4 is 34.4 Å². The molecule has 0 saturated carbocycles. The quantitative estimate of drug-likeness (QED) is 0.273. The van der Waals surface area contributed by atoms with Crippen molar-refractivity contribution in [3.8, 4) is 17.2 Å². The van der Waals surface area contributed by atoms with Crippen LogP contribution < -0.4 is 14.2 Å². The molecule has 0 fully saturated rings. The number of hydrogen-bond acceptors (Lipinski definition) is 4. The van der Waals surface area contributed by atoms with E-state index in [1.54, 1.807) is 31.4 Å². The number of fused-ring (bicyclic) bond motifs is 2. The van der Waals surface area contributed by atoms with Crippen LogP contribution in [-0.4, -0.2) is 17.5 Å². The van der Waals surface area contributed by atoms with Crippen LogP contribution in [-0.2, 0) is 13.2 Å². The Morgan fingerprint density at radius 1 is 1.14 bits per heavy atom. The van der Waals surface area contributed by atoms with Crippen molar-refractivity contribution in [2.45, 2.75) is 27.0 Å². The van der Waals surface area contributed by atoms with E-state index in [0.717, 1.165) is 28.8 Å². The lowest BCUT2D eigenvalue weighted by atomic mass is 10.1. The van der Waals surface area contributed by atoms with Gasteiger partial charge in [0.15, 0.2) is 5.76 Å². The summed E-state index contributed by atoms with van der Waals surface area (Å²) in [5.41, 5.74) is 3.77. The van der Waals surface area contributed by atoms with Crippen LogP contribution in [0.4, 0.5) is 4.39 Å². The van der Waals surface area contributed by atoms with E-state index < -0.39 is 5.82 Å². The predicted molar refractivity (Wildman–Crippen MR) is 134 cm³/mol. The van der Waals surface area contributed by atoms with Crippen LogP contribution in [0.3, 0.4) is 0 Å². The van der Waals surface area contributed by atoms with Crippen molar-refractivity contribution in [3.63, 3.8) is 0 Å². The van der Waals surface area contributed by atoms with Gasteiger partial charge in [-0.3, -0.25) is 4.79 Å². The first-order valence-corrected chi connectivity index (χ1v) is 11.6. The van der Waals surface area contributed by atoms with Crippen LogP contribution in [0, 0.1) is 12.7 Å². The zero-order chi connectivity index (χ0) is 24.7. The van der Waals surface area contributed by atoms with Crippen LogP contribution in [0.25, 0.3) is 17.0 Å². The van der Waals surface area contributed by atoms with Gasteiger partial charge in [0.05, 0.1) is 17.7 Å². The molecule has 0 aliphatic carbocycles. The molecule has 7 heteroatoms. The van der Waals surface area contributed by atoms with E-state index in [4.69, 9.17) is 25.8 Å². The van der Waals surface area contributed by atoms with Crippen molar-refractivity contribution in [3.05, 3.63) is 93.6 Å². The Kier molecular flexibility index (Phi) is 5.99. The zero-order valence-electron chi connectivity index (χ0n) is 19.5. The molecular formula is C28H23ClFNO4. The molecule has 0 spiro atoms. The number of rotatable bonds is 6. The number of ketones is 1. The second kappa shape index (κ2) is 9.12. The highest BCUT2D eigenvalue weighted by atomic mass is 35.5. The van der Waals surface area contributed by atoms with Crippen molar-refractivity contribution in [1.82, 2.24) is 4.57 Å². The lowest BCUT2D eigenvalue weighted by Crippen LogP contribution is -1.99. The maximum atomic E-state index is 13.3. The molecule has 4 aromatic rings. The van der Waals surface area contributed by atoms with Gasteiger partial charge in [0.2, 0.25) is 5.78 Å². The SMILES string of the molecule is CCn1cc(/C=C2/Oc3c(ccc(OCc4ccc(F)cc4Cl)c3C)C2=O)c2cc(OC)ccc21. The summed E-state index contributed by atoms with van der Waals surface area (Å²) in [6.07, 6.45) is 3.78. The highest BCUT2D eigenvalue weighted by Crippen LogP contribution is 2.40. The fraction of sp³-hybridized carbons (Fsp3) is 0.179. The Bertz CT molecular complexity index is 1500. The molecule has 0 N–H and O–H groups in total. The van der Waals surface area contributed by atoms with Gasteiger partial charge in [-0.25, -0.2) is 4.39 Å². The maximum absolute atomic E-state index is 13.3. The van der Waals surface area contributed by atoms with Gasteiger partial charge in [0.1, 0.15) is 29.7 Å². The molecule has 5 rings (SSSR count). The summed E-state index contributed by atoms with van der Waals surface area (Å²) in [7, 11) is 1.63. The lowest BCUT2D eigenvalue weighted by Gasteiger charge is -2.12. The Balaban J connectivity index is 1.45.